The maximum absolute atomic E-state index is 13.9. The summed E-state index contributed by atoms with van der Waals surface area (Å²) in [6, 6.07) is 13.9. The molecule has 10 heteroatoms. The van der Waals surface area contributed by atoms with Crippen LogP contribution in [0, 0.1) is 11.6 Å². The second-order valence-corrected chi connectivity index (χ2v) is 8.26. The lowest BCUT2D eigenvalue weighted by Gasteiger charge is -2.14. The first-order valence-corrected chi connectivity index (χ1v) is 10.8. The third-order valence-corrected chi connectivity index (χ3v) is 5.79. The molecule has 0 aliphatic carbocycles. The molecule has 1 amide bonds. The summed E-state index contributed by atoms with van der Waals surface area (Å²) >= 11 is 1.16. The first-order chi connectivity index (χ1) is 16.0. The maximum atomic E-state index is 13.9. The third-order valence-electron chi connectivity index (χ3n) is 4.74. The highest BCUT2D eigenvalue weighted by Crippen LogP contribution is 2.31. The van der Waals surface area contributed by atoms with E-state index in [9.17, 15) is 13.6 Å². The molecule has 4 rings (SSSR count). The molecule has 0 fully saturated rings. The summed E-state index contributed by atoms with van der Waals surface area (Å²) in [5.74, 6) is -0.755. The average Bonchev–Trinajstić information content (AvgIpc) is 3.24. The minimum atomic E-state index is -0.845. The highest BCUT2D eigenvalue weighted by atomic mass is 32.2. The zero-order valence-electron chi connectivity index (χ0n) is 17.7. The molecule has 1 N–H and O–H groups in total. The SMILES string of the molecule is COc1ccc(-n2c(SC(C)C(=O)Nc3ccc(F)cc3F)nnc2-c2ccncc2)cc1. The Morgan fingerprint density at radius 2 is 1.79 bits per heavy atom. The Labute approximate surface area is 192 Å². The number of nitrogens with zero attached hydrogens (tertiary/aromatic N) is 4. The zero-order chi connectivity index (χ0) is 23.4. The van der Waals surface area contributed by atoms with Crippen molar-refractivity contribution in [1.29, 1.82) is 0 Å². The molecule has 0 saturated carbocycles. The smallest absolute Gasteiger partial charge is 0.237 e. The van der Waals surface area contributed by atoms with Crippen LogP contribution < -0.4 is 10.1 Å². The van der Waals surface area contributed by atoms with Crippen LogP contribution in [-0.4, -0.2) is 38.0 Å². The number of pyridine rings is 1. The van der Waals surface area contributed by atoms with Crippen molar-refractivity contribution in [3.63, 3.8) is 0 Å². The molecule has 168 valence electrons. The summed E-state index contributed by atoms with van der Waals surface area (Å²) in [7, 11) is 1.59. The highest BCUT2D eigenvalue weighted by Gasteiger charge is 2.22. The zero-order valence-corrected chi connectivity index (χ0v) is 18.5. The Bertz CT molecular complexity index is 1270. The Hall–Kier alpha value is -3.79. The number of amides is 1. The van der Waals surface area contributed by atoms with Gasteiger partial charge >= 0.3 is 0 Å². The van der Waals surface area contributed by atoms with E-state index in [0.29, 0.717) is 22.8 Å². The molecule has 0 aliphatic rings. The summed E-state index contributed by atoms with van der Waals surface area (Å²) in [6.45, 7) is 1.67. The van der Waals surface area contributed by atoms with Gasteiger partial charge < -0.3 is 10.1 Å². The standard InChI is InChI=1S/C23H19F2N5O2S/c1-14(22(31)27-20-8-3-16(24)13-19(20)25)33-23-29-28-21(15-9-11-26-12-10-15)30(23)17-4-6-18(32-2)7-5-17/h3-14H,1-2H3,(H,27,31). The van der Waals surface area contributed by atoms with Gasteiger partial charge in [-0.3, -0.25) is 14.3 Å². The number of hydrogen-bond acceptors (Lipinski definition) is 6. The van der Waals surface area contributed by atoms with E-state index in [4.69, 9.17) is 4.74 Å². The van der Waals surface area contributed by atoms with Crippen molar-refractivity contribution in [3.05, 3.63) is 78.6 Å². The minimum absolute atomic E-state index is 0.0945. The predicted molar refractivity (Wildman–Crippen MR) is 121 cm³/mol. The van der Waals surface area contributed by atoms with Crippen molar-refractivity contribution < 1.29 is 18.3 Å². The topological polar surface area (TPSA) is 81.9 Å². The van der Waals surface area contributed by atoms with Gasteiger partial charge in [-0.1, -0.05) is 11.8 Å². The number of carbonyl (C=O) groups is 1. The number of aromatic nitrogens is 4. The number of anilines is 1. The van der Waals surface area contributed by atoms with E-state index in [1.165, 1.54) is 6.07 Å². The second-order valence-electron chi connectivity index (χ2n) is 6.95. The van der Waals surface area contributed by atoms with Gasteiger partial charge in [-0.05, 0) is 55.5 Å². The van der Waals surface area contributed by atoms with Crippen LogP contribution in [0.15, 0.2) is 72.1 Å². The molecule has 33 heavy (non-hydrogen) atoms. The van der Waals surface area contributed by atoms with E-state index >= 15 is 0 Å². The van der Waals surface area contributed by atoms with Crippen LogP contribution in [0.25, 0.3) is 17.1 Å². The van der Waals surface area contributed by atoms with Crippen LogP contribution in [0.3, 0.4) is 0 Å². The number of methoxy groups -OCH3 is 1. The number of thioether (sulfide) groups is 1. The van der Waals surface area contributed by atoms with E-state index in [0.717, 1.165) is 29.1 Å². The number of ether oxygens (including phenoxy) is 1. The molecule has 4 aromatic rings. The van der Waals surface area contributed by atoms with E-state index in [1.807, 2.05) is 41.0 Å². The van der Waals surface area contributed by atoms with E-state index in [1.54, 1.807) is 26.4 Å². The Balaban J connectivity index is 1.64. The van der Waals surface area contributed by atoms with Crippen LogP contribution in [0.1, 0.15) is 6.92 Å². The molecular weight excluding hydrogens is 448 g/mol. The van der Waals surface area contributed by atoms with Gasteiger partial charge in [-0.15, -0.1) is 10.2 Å². The monoisotopic (exact) mass is 467 g/mol. The van der Waals surface area contributed by atoms with E-state index in [2.05, 4.69) is 20.5 Å². The lowest BCUT2D eigenvalue weighted by atomic mass is 10.2. The van der Waals surface area contributed by atoms with Gasteiger partial charge in [0.15, 0.2) is 11.0 Å². The normalized spacial score (nSPS) is 11.8. The Morgan fingerprint density at radius 1 is 1.06 bits per heavy atom. The lowest BCUT2D eigenvalue weighted by molar-refractivity contribution is -0.115. The fourth-order valence-electron chi connectivity index (χ4n) is 3.04. The molecule has 1 unspecified atom stereocenters. The van der Waals surface area contributed by atoms with Crippen LogP contribution in [0.5, 0.6) is 5.75 Å². The molecule has 0 spiro atoms. The van der Waals surface area contributed by atoms with Gasteiger partial charge in [-0.25, -0.2) is 8.78 Å². The highest BCUT2D eigenvalue weighted by molar-refractivity contribution is 8.00. The van der Waals surface area contributed by atoms with Crippen molar-refractivity contribution >= 4 is 23.4 Å². The number of rotatable bonds is 7. The summed E-state index contributed by atoms with van der Waals surface area (Å²) in [5.41, 5.74) is 1.47. The largest absolute Gasteiger partial charge is 0.497 e. The molecule has 0 aliphatic heterocycles. The number of halogens is 2. The maximum Gasteiger partial charge on any atom is 0.237 e. The minimum Gasteiger partial charge on any atom is -0.497 e. The molecule has 0 saturated heterocycles. The summed E-state index contributed by atoms with van der Waals surface area (Å²) in [6.07, 6.45) is 3.31. The molecule has 1 atom stereocenters. The molecular formula is C23H19F2N5O2S. The number of nitrogens with one attached hydrogen (secondary N) is 1. The summed E-state index contributed by atoms with van der Waals surface area (Å²) < 4.78 is 34.1. The van der Waals surface area contributed by atoms with Gasteiger partial charge in [0, 0.05) is 29.7 Å². The molecule has 0 bridgehead atoms. The number of benzene rings is 2. The second kappa shape index (κ2) is 9.78. The van der Waals surface area contributed by atoms with Crippen LogP contribution in [0.2, 0.25) is 0 Å². The van der Waals surface area contributed by atoms with Crippen molar-refractivity contribution in [2.24, 2.45) is 0 Å². The molecule has 0 radical (unpaired) electrons. The van der Waals surface area contributed by atoms with Gasteiger partial charge in [-0.2, -0.15) is 0 Å². The Kier molecular flexibility index (Phi) is 6.64. The van der Waals surface area contributed by atoms with Gasteiger partial charge in [0.2, 0.25) is 5.91 Å². The summed E-state index contributed by atoms with van der Waals surface area (Å²) in [5, 5.41) is 10.9. The number of hydrogen-bond donors (Lipinski definition) is 1. The third kappa shape index (κ3) is 5.01. The van der Waals surface area contributed by atoms with Gasteiger partial charge in [0.25, 0.3) is 0 Å². The predicted octanol–water partition coefficient (Wildman–Crippen LogP) is 4.74. The Morgan fingerprint density at radius 3 is 2.45 bits per heavy atom. The van der Waals surface area contributed by atoms with Gasteiger partial charge in [0.1, 0.15) is 17.4 Å². The average molecular weight is 468 g/mol. The molecule has 7 nitrogen and oxygen atoms in total. The summed E-state index contributed by atoms with van der Waals surface area (Å²) in [4.78, 5) is 16.7. The van der Waals surface area contributed by atoms with Crippen molar-refractivity contribution in [1.82, 2.24) is 19.7 Å². The van der Waals surface area contributed by atoms with E-state index < -0.39 is 22.8 Å². The first kappa shape index (κ1) is 22.4. The van der Waals surface area contributed by atoms with Crippen LogP contribution in [-0.2, 0) is 4.79 Å². The van der Waals surface area contributed by atoms with E-state index in [-0.39, 0.29) is 5.69 Å². The van der Waals surface area contributed by atoms with Crippen LogP contribution in [0.4, 0.5) is 14.5 Å². The van der Waals surface area contributed by atoms with Crippen LogP contribution >= 0.6 is 11.8 Å². The van der Waals surface area contributed by atoms with Gasteiger partial charge in [0.05, 0.1) is 18.0 Å². The fraction of sp³-hybridized carbons (Fsp3) is 0.130. The van der Waals surface area contributed by atoms with Crippen molar-refractivity contribution in [2.45, 2.75) is 17.3 Å². The van der Waals surface area contributed by atoms with Crippen molar-refractivity contribution in [2.75, 3.05) is 12.4 Å². The quantitative estimate of drug-likeness (QED) is 0.396. The fourth-order valence-corrected chi connectivity index (χ4v) is 3.90. The number of carbonyl (C=O) groups excluding carboxylic acids is 1. The van der Waals surface area contributed by atoms with Crippen molar-refractivity contribution in [3.8, 4) is 22.8 Å². The first-order valence-electron chi connectivity index (χ1n) is 9.89. The molecule has 2 aromatic heterocycles. The lowest BCUT2D eigenvalue weighted by Crippen LogP contribution is -2.23. The molecule has 2 heterocycles. The molecule has 2 aromatic carbocycles.